The molecule has 0 spiro atoms. The molecule has 0 aliphatic heterocycles. The third-order valence-electron chi connectivity index (χ3n) is 3.21. The van der Waals surface area contributed by atoms with E-state index in [1.54, 1.807) is 0 Å². The first-order chi connectivity index (χ1) is 7.01. The van der Waals surface area contributed by atoms with Gasteiger partial charge in [-0.25, -0.2) is 0 Å². The molecule has 3 nitrogen and oxygen atoms in total. The highest BCUT2D eigenvalue weighted by atomic mass is 16.5. The van der Waals surface area contributed by atoms with Gasteiger partial charge in [0.1, 0.15) is 5.54 Å². The van der Waals surface area contributed by atoms with Crippen molar-refractivity contribution in [2.45, 2.75) is 58.0 Å². The average Bonchev–Trinajstić information content (AvgIpc) is 2.99. The molecule has 15 heavy (non-hydrogen) atoms. The summed E-state index contributed by atoms with van der Waals surface area (Å²) in [6.45, 7) is 6.18. The third-order valence-corrected chi connectivity index (χ3v) is 3.21. The zero-order chi connectivity index (χ0) is 11.5. The SMILES string of the molecule is CCC(C)NC(C)(CC1CC1)C(=O)OC. The molecule has 1 fully saturated rings. The molecule has 1 saturated carbocycles. The molecule has 0 saturated heterocycles. The van der Waals surface area contributed by atoms with Crippen LogP contribution in [0.3, 0.4) is 0 Å². The summed E-state index contributed by atoms with van der Waals surface area (Å²) in [5.41, 5.74) is -0.495. The monoisotopic (exact) mass is 213 g/mol. The highest BCUT2D eigenvalue weighted by Crippen LogP contribution is 2.37. The van der Waals surface area contributed by atoms with Gasteiger partial charge in [0, 0.05) is 6.04 Å². The minimum Gasteiger partial charge on any atom is -0.468 e. The van der Waals surface area contributed by atoms with E-state index in [9.17, 15) is 4.79 Å². The van der Waals surface area contributed by atoms with E-state index in [4.69, 9.17) is 4.74 Å². The van der Waals surface area contributed by atoms with E-state index < -0.39 is 5.54 Å². The Balaban J connectivity index is 2.60. The number of carbonyl (C=O) groups is 1. The van der Waals surface area contributed by atoms with Crippen LogP contribution in [-0.2, 0) is 9.53 Å². The molecule has 2 unspecified atom stereocenters. The van der Waals surface area contributed by atoms with Gasteiger partial charge in [-0.2, -0.15) is 0 Å². The second-order valence-corrected chi connectivity index (χ2v) is 4.92. The number of carbonyl (C=O) groups excluding carboxylic acids is 1. The first kappa shape index (κ1) is 12.5. The second kappa shape index (κ2) is 4.97. The lowest BCUT2D eigenvalue weighted by molar-refractivity contribution is -0.148. The number of hydrogen-bond donors (Lipinski definition) is 1. The van der Waals surface area contributed by atoms with Crippen LogP contribution in [-0.4, -0.2) is 24.7 Å². The molecule has 1 aliphatic carbocycles. The van der Waals surface area contributed by atoms with Crippen molar-refractivity contribution in [3.8, 4) is 0 Å². The highest BCUT2D eigenvalue weighted by molar-refractivity contribution is 5.80. The number of esters is 1. The zero-order valence-corrected chi connectivity index (χ0v) is 10.3. The normalized spacial score (nSPS) is 21.9. The predicted octanol–water partition coefficient (Wildman–Crippen LogP) is 2.11. The summed E-state index contributed by atoms with van der Waals surface area (Å²) < 4.78 is 4.89. The standard InChI is InChI=1S/C12H23NO2/c1-5-9(2)13-12(3,11(14)15-4)8-10-6-7-10/h9-10,13H,5-8H2,1-4H3. The molecule has 1 aliphatic rings. The fourth-order valence-corrected chi connectivity index (χ4v) is 1.97. The summed E-state index contributed by atoms with van der Waals surface area (Å²) in [6.07, 6.45) is 4.45. The van der Waals surface area contributed by atoms with Gasteiger partial charge in [-0.05, 0) is 32.6 Å². The van der Waals surface area contributed by atoms with E-state index in [2.05, 4.69) is 19.2 Å². The number of hydrogen-bond acceptors (Lipinski definition) is 3. The minimum atomic E-state index is -0.495. The van der Waals surface area contributed by atoms with Gasteiger partial charge in [-0.1, -0.05) is 19.8 Å². The highest BCUT2D eigenvalue weighted by Gasteiger charge is 2.40. The van der Waals surface area contributed by atoms with Crippen molar-refractivity contribution in [2.24, 2.45) is 5.92 Å². The summed E-state index contributed by atoms with van der Waals surface area (Å²) in [4.78, 5) is 11.8. The molecule has 0 radical (unpaired) electrons. The maximum Gasteiger partial charge on any atom is 0.325 e. The molecule has 0 amide bonds. The molecule has 1 rings (SSSR count). The van der Waals surface area contributed by atoms with Crippen LogP contribution in [0.2, 0.25) is 0 Å². The maximum absolute atomic E-state index is 11.8. The van der Waals surface area contributed by atoms with Crippen LogP contribution in [0.1, 0.15) is 46.5 Å². The molecular weight excluding hydrogens is 190 g/mol. The van der Waals surface area contributed by atoms with Crippen LogP contribution in [0.4, 0.5) is 0 Å². The summed E-state index contributed by atoms with van der Waals surface area (Å²) in [6, 6.07) is 0.354. The minimum absolute atomic E-state index is 0.130. The summed E-state index contributed by atoms with van der Waals surface area (Å²) in [7, 11) is 1.46. The number of rotatable bonds is 6. The summed E-state index contributed by atoms with van der Waals surface area (Å²) >= 11 is 0. The molecule has 0 bridgehead atoms. The predicted molar refractivity (Wildman–Crippen MR) is 60.7 cm³/mol. The lowest BCUT2D eigenvalue weighted by Gasteiger charge is -2.31. The molecule has 88 valence electrons. The van der Waals surface area contributed by atoms with E-state index in [1.807, 2.05) is 6.92 Å². The Hall–Kier alpha value is -0.570. The van der Waals surface area contributed by atoms with Gasteiger partial charge in [-0.15, -0.1) is 0 Å². The Morgan fingerprint density at radius 1 is 1.60 bits per heavy atom. The van der Waals surface area contributed by atoms with Gasteiger partial charge < -0.3 is 4.74 Å². The lowest BCUT2D eigenvalue weighted by Crippen LogP contribution is -2.53. The van der Waals surface area contributed by atoms with Crippen LogP contribution in [0, 0.1) is 5.92 Å². The number of methoxy groups -OCH3 is 1. The molecule has 0 aromatic rings. The Morgan fingerprint density at radius 3 is 2.60 bits per heavy atom. The van der Waals surface area contributed by atoms with Gasteiger partial charge in [0.25, 0.3) is 0 Å². The Morgan fingerprint density at radius 2 is 2.20 bits per heavy atom. The van der Waals surface area contributed by atoms with E-state index >= 15 is 0 Å². The van der Waals surface area contributed by atoms with E-state index in [1.165, 1.54) is 20.0 Å². The largest absolute Gasteiger partial charge is 0.468 e. The molecule has 0 aromatic heterocycles. The van der Waals surface area contributed by atoms with Crippen molar-refractivity contribution in [3.63, 3.8) is 0 Å². The van der Waals surface area contributed by atoms with Gasteiger partial charge in [0.2, 0.25) is 0 Å². The molecule has 1 N–H and O–H groups in total. The van der Waals surface area contributed by atoms with E-state index in [0.717, 1.165) is 12.8 Å². The van der Waals surface area contributed by atoms with E-state index in [0.29, 0.717) is 12.0 Å². The Bertz CT molecular complexity index is 226. The van der Waals surface area contributed by atoms with Crippen molar-refractivity contribution in [1.82, 2.24) is 5.32 Å². The fourth-order valence-electron chi connectivity index (χ4n) is 1.97. The van der Waals surface area contributed by atoms with Crippen molar-refractivity contribution in [1.29, 1.82) is 0 Å². The Labute approximate surface area is 92.6 Å². The molecule has 3 heteroatoms. The number of nitrogens with one attached hydrogen (secondary N) is 1. The molecule has 0 aromatic carbocycles. The summed E-state index contributed by atoms with van der Waals surface area (Å²) in [5, 5.41) is 3.39. The molecule has 2 atom stereocenters. The van der Waals surface area contributed by atoms with Crippen molar-refractivity contribution < 1.29 is 9.53 Å². The second-order valence-electron chi connectivity index (χ2n) is 4.92. The van der Waals surface area contributed by atoms with Gasteiger partial charge in [0.15, 0.2) is 0 Å². The third kappa shape index (κ3) is 3.49. The molecule has 0 heterocycles. The lowest BCUT2D eigenvalue weighted by atomic mass is 9.93. The van der Waals surface area contributed by atoms with Crippen LogP contribution >= 0.6 is 0 Å². The molecular formula is C12H23NO2. The quantitative estimate of drug-likeness (QED) is 0.687. The van der Waals surface area contributed by atoms with Crippen LogP contribution in [0.25, 0.3) is 0 Å². The van der Waals surface area contributed by atoms with Crippen LogP contribution < -0.4 is 5.32 Å². The first-order valence-corrected chi connectivity index (χ1v) is 5.88. The van der Waals surface area contributed by atoms with E-state index in [-0.39, 0.29) is 5.97 Å². The average molecular weight is 213 g/mol. The van der Waals surface area contributed by atoms with Gasteiger partial charge >= 0.3 is 5.97 Å². The maximum atomic E-state index is 11.8. The van der Waals surface area contributed by atoms with Crippen molar-refractivity contribution in [2.75, 3.05) is 7.11 Å². The first-order valence-electron chi connectivity index (χ1n) is 5.88. The Kier molecular flexibility index (Phi) is 4.14. The zero-order valence-electron chi connectivity index (χ0n) is 10.3. The van der Waals surface area contributed by atoms with Crippen LogP contribution in [0.5, 0.6) is 0 Å². The fraction of sp³-hybridized carbons (Fsp3) is 0.917. The van der Waals surface area contributed by atoms with Gasteiger partial charge in [-0.3, -0.25) is 10.1 Å². The summed E-state index contributed by atoms with van der Waals surface area (Å²) in [5.74, 6) is 0.584. The van der Waals surface area contributed by atoms with Crippen molar-refractivity contribution >= 4 is 5.97 Å². The topological polar surface area (TPSA) is 38.3 Å². The van der Waals surface area contributed by atoms with Gasteiger partial charge in [0.05, 0.1) is 7.11 Å². The van der Waals surface area contributed by atoms with Crippen LogP contribution in [0.15, 0.2) is 0 Å². The smallest absolute Gasteiger partial charge is 0.325 e. The number of ether oxygens (including phenoxy) is 1. The van der Waals surface area contributed by atoms with Crippen molar-refractivity contribution in [3.05, 3.63) is 0 Å².